The number of nitrogens with zero attached hydrogens (tertiary/aromatic N) is 1. The summed E-state index contributed by atoms with van der Waals surface area (Å²) < 4.78 is 29.2. The number of aromatic nitrogens is 1. The van der Waals surface area contributed by atoms with Gasteiger partial charge in [-0.05, 0) is 50.6 Å². The second kappa shape index (κ2) is 7.30. The van der Waals surface area contributed by atoms with Gasteiger partial charge < -0.3 is 14.6 Å². The predicted octanol–water partition coefficient (Wildman–Crippen LogP) is 1.72. The van der Waals surface area contributed by atoms with Crippen LogP contribution in [-0.2, 0) is 21.8 Å². The summed E-state index contributed by atoms with van der Waals surface area (Å²) in [7, 11) is -2.11. The van der Waals surface area contributed by atoms with Crippen molar-refractivity contribution in [1.82, 2.24) is 4.57 Å². The second-order valence-corrected chi connectivity index (χ2v) is 7.30. The molecule has 0 bridgehead atoms. The van der Waals surface area contributed by atoms with Crippen LogP contribution in [0.3, 0.4) is 0 Å². The van der Waals surface area contributed by atoms with Crippen LogP contribution in [0.25, 0.3) is 0 Å². The molecule has 1 aromatic carbocycles. The van der Waals surface area contributed by atoms with E-state index in [1.54, 1.807) is 32.4 Å². The summed E-state index contributed by atoms with van der Waals surface area (Å²) in [5.74, 6) is -0.901. The minimum absolute atomic E-state index is 0.0489. The van der Waals surface area contributed by atoms with E-state index in [1.807, 2.05) is 0 Å². The van der Waals surface area contributed by atoms with E-state index in [-0.39, 0.29) is 11.5 Å². The minimum Gasteiger partial charge on any atom is -0.461 e. The van der Waals surface area contributed by atoms with E-state index in [9.17, 15) is 18.0 Å². The molecule has 26 heavy (non-hydrogen) atoms. The van der Waals surface area contributed by atoms with Gasteiger partial charge in [0.25, 0.3) is 5.91 Å². The molecular weight excluding hydrogens is 358 g/mol. The molecule has 1 amide bonds. The summed E-state index contributed by atoms with van der Waals surface area (Å²) in [4.78, 5) is 24.7. The molecule has 0 unspecified atom stereocenters. The highest BCUT2D eigenvalue weighted by molar-refractivity contribution is 7.89. The van der Waals surface area contributed by atoms with Crippen molar-refractivity contribution < 1.29 is 22.7 Å². The molecule has 2 aromatic rings. The predicted molar refractivity (Wildman–Crippen MR) is 96.6 cm³/mol. The standard InChI is InChI=1S/C17H21N3O5S/c1-5-25-17(22)15-10(2)14(11(3)20(15)4)16(21)19-12-6-8-13(9-7-12)26(18,23)24/h6-9H,5H2,1-4H3,(H,19,21)(H2,18,23,24). The van der Waals surface area contributed by atoms with Crippen LogP contribution in [0.15, 0.2) is 29.2 Å². The second-order valence-electron chi connectivity index (χ2n) is 5.74. The Morgan fingerprint density at radius 1 is 1.19 bits per heavy atom. The lowest BCUT2D eigenvalue weighted by atomic mass is 10.1. The first-order valence-corrected chi connectivity index (χ1v) is 9.39. The van der Waals surface area contributed by atoms with Gasteiger partial charge in [0.1, 0.15) is 5.69 Å². The first-order chi connectivity index (χ1) is 12.1. The first-order valence-electron chi connectivity index (χ1n) is 7.85. The number of rotatable bonds is 5. The summed E-state index contributed by atoms with van der Waals surface area (Å²) >= 11 is 0. The van der Waals surface area contributed by atoms with Crippen molar-refractivity contribution in [3.05, 3.63) is 46.8 Å². The smallest absolute Gasteiger partial charge is 0.355 e. The minimum atomic E-state index is -3.80. The van der Waals surface area contributed by atoms with Crippen molar-refractivity contribution in [2.75, 3.05) is 11.9 Å². The molecule has 0 aliphatic carbocycles. The van der Waals surface area contributed by atoms with Gasteiger partial charge in [-0.15, -0.1) is 0 Å². The lowest BCUT2D eigenvalue weighted by Gasteiger charge is -2.07. The normalized spacial score (nSPS) is 11.3. The SMILES string of the molecule is CCOC(=O)c1c(C)c(C(=O)Nc2ccc(S(N)(=O)=O)cc2)c(C)n1C. The maximum atomic E-state index is 12.7. The number of amides is 1. The van der Waals surface area contributed by atoms with Gasteiger partial charge in [-0.2, -0.15) is 0 Å². The maximum Gasteiger partial charge on any atom is 0.355 e. The highest BCUT2D eigenvalue weighted by atomic mass is 32.2. The van der Waals surface area contributed by atoms with Crippen LogP contribution < -0.4 is 10.5 Å². The molecule has 9 heteroatoms. The Balaban J connectivity index is 2.33. The topological polar surface area (TPSA) is 120 Å². The van der Waals surface area contributed by atoms with Gasteiger partial charge >= 0.3 is 5.97 Å². The summed E-state index contributed by atoms with van der Waals surface area (Å²) in [6.45, 7) is 5.36. The molecule has 0 atom stereocenters. The van der Waals surface area contributed by atoms with Crippen LogP contribution in [0.2, 0.25) is 0 Å². The fraction of sp³-hybridized carbons (Fsp3) is 0.294. The third kappa shape index (κ3) is 3.78. The van der Waals surface area contributed by atoms with Gasteiger partial charge in [-0.3, -0.25) is 4.79 Å². The molecule has 3 N–H and O–H groups in total. The zero-order chi connectivity index (χ0) is 19.6. The van der Waals surface area contributed by atoms with E-state index in [1.165, 1.54) is 24.3 Å². The molecule has 0 aliphatic heterocycles. The molecule has 0 saturated heterocycles. The number of benzene rings is 1. The zero-order valence-corrected chi connectivity index (χ0v) is 15.8. The number of nitrogens with one attached hydrogen (secondary N) is 1. The number of hydrogen-bond donors (Lipinski definition) is 2. The Labute approximate surface area is 152 Å². The van der Waals surface area contributed by atoms with Crippen molar-refractivity contribution in [3.8, 4) is 0 Å². The Morgan fingerprint density at radius 3 is 2.27 bits per heavy atom. The van der Waals surface area contributed by atoms with Crippen LogP contribution >= 0.6 is 0 Å². The number of esters is 1. The van der Waals surface area contributed by atoms with E-state index in [0.717, 1.165) is 0 Å². The summed E-state index contributed by atoms with van der Waals surface area (Å²) in [5, 5.41) is 7.74. The molecule has 0 fully saturated rings. The summed E-state index contributed by atoms with van der Waals surface area (Å²) in [5.41, 5.74) is 2.22. The molecule has 0 radical (unpaired) electrons. The maximum absolute atomic E-state index is 12.7. The van der Waals surface area contributed by atoms with Crippen molar-refractivity contribution >= 4 is 27.6 Å². The zero-order valence-electron chi connectivity index (χ0n) is 15.0. The largest absolute Gasteiger partial charge is 0.461 e. The van der Waals surface area contributed by atoms with Crippen molar-refractivity contribution in [1.29, 1.82) is 0 Å². The van der Waals surface area contributed by atoms with Gasteiger partial charge in [0.05, 0.1) is 17.1 Å². The third-order valence-corrected chi connectivity index (χ3v) is 5.00. The van der Waals surface area contributed by atoms with Crippen LogP contribution in [0.1, 0.15) is 39.0 Å². The average Bonchev–Trinajstić information content (AvgIpc) is 2.77. The van der Waals surface area contributed by atoms with E-state index in [4.69, 9.17) is 9.88 Å². The molecule has 0 aliphatic rings. The Hall–Kier alpha value is -2.65. The molecule has 140 valence electrons. The number of ether oxygens (including phenoxy) is 1. The molecule has 0 saturated carbocycles. The number of nitrogens with two attached hydrogens (primary N) is 1. The highest BCUT2D eigenvalue weighted by Gasteiger charge is 2.25. The van der Waals surface area contributed by atoms with Crippen LogP contribution in [0, 0.1) is 13.8 Å². The quantitative estimate of drug-likeness (QED) is 0.766. The van der Waals surface area contributed by atoms with Crippen molar-refractivity contribution in [2.45, 2.75) is 25.7 Å². The van der Waals surface area contributed by atoms with E-state index >= 15 is 0 Å². The molecule has 2 rings (SSSR count). The van der Waals surface area contributed by atoms with Crippen LogP contribution in [0.5, 0.6) is 0 Å². The number of carbonyl (C=O) groups excluding carboxylic acids is 2. The Morgan fingerprint density at radius 2 is 1.77 bits per heavy atom. The van der Waals surface area contributed by atoms with Crippen molar-refractivity contribution in [2.24, 2.45) is 12.2 Å². The van der Waals surface area contributed by atoms with Gasteiger partial charge in [0.15, 0.2) is 0 Å². The number of primary sulfonamides is 1. The lowest BCUT2D eigenvalue weighted by Crippen LogP contribution is -2.15. The molecule has 1 heterocycles. The van der Waals surface area contributed by atoms with E-state index < -0.39 is 21.9 Å². The van der Waals surface area contributed by atoms with Crippen molar-refractivity contribution in [3.63, 3.8) is 0 Å². The summed E-state index contributed by atoms with van der Waals surface area (Å²) in [6.07, 6.45) is 0. The Kier molecular flexibility index (Phi) is 5.53. The lowest BCUT2D eigenvalue weighted by molar-refractivity contribution is 0.0514. The fourth-order valence-electron chi connectivity index (χ4n) is 2.72. The van der Waals surface area contributed by atoms with Gasteiger partial charge in [-0.1, -0.05) is 0 Å². The van der Waals surface area contributed by atoms with E-state index in [2.05, 4.69) is 5.32 Å². The number of anilines is 1. The summed E-state index contributed by atoms with van der Waals surface area (Å²) in [6, 6.07) is 5.49. The molecule has 8 nitrogen and oxygen atoms in total. The van der Waals surface area contributed by atoms with Gasteiger partial charge in [0.2, 0.25) is 10.0 Å². The van der Waals surface area contributed by atoms with Crippen LogP contribution in [-0.4, -0.2) is 31.5 Å². The van der Waals surface area contributed by atoms with Gasteiger partial charge in [-0.25, -0.2) is 18.4 Å². The number of sulfonamides is 1. The third-order valence-electron chi connectivity index (χ3n) is 4.07. The number of carbonyl (C=O) groups is 2. The van der Waals surface area contributed by atoms with Crippen LogP contribution in [0.4, 0.5) is 5.69 Å². The fourth-order valence-corrected chi connectivity index (χ4v) is 3.24. The average molecular weight is 379 g/mol. The van der Waals surface area contributed by atoms with Gasteiger partial charge in [0, 0.05) is 18.4 Å². The Bertz CT molecular complexity index is 959. The first kappa shape index (κ1) is 19.7. The van der Waals surface area contributed by atoms with E-state index in [0.29, 0.717) is 28.2 Å². The number of hydrogen-bond acceptors (Lipinski definition) is 5. The molecular formula is C17H21N3O5S. The monoisotopic (exact) mass is 379 g/mol. The highest BCUT2D eigenvalue weighted by Crippen LogP contribution is 2.23. The molecule has 0 spiro atoms. The molecule has 1 aromatic heterocycles.